The van der Waals surface area contributed by atoms with E-state index in [9.17, 15) is 4.39 Å². The minimum atomic E-state index is -0.270. The molecule has 2 aromatic rings. The molecule has 0 bridgehead atoms. The van der Waals surface area contributed by atoms with Crippen LogP contribution < -0.4 is 15.0 Å². The Bertz CT molecular complexity index is 693. The highest BCUT2D eigenvalue weighted by Gasteiger charge is 2.08. The van der Waals surface area contributed by atoms with Crippen LogP contribution in [0.5, 0.6) is 5.75 Å². The van der Waals surface area contributed by atoms with Crippen molar-refractivity contribution in [3.05, 3.63) is 41.2 Å². The number of aliphatic imine (C=N–C) groups is 1. The van der Waals surface area contributed by atoms with E-state index in [0.717, 1.165) is 16.8 Å². The minimum absolute atomic E-state index is 0. The van der Waals surface area contributed by atoms with E-state index in [-0.39, 0.29) is 29.8 Å². The van der Waals surface area contributed by atoms with Crippen LogP contribution in [0.25, 0.3) is 0 Å². The number of nitrogens with one attached hydrogen (secondary N) is 1. The lowest BCUT2D eigenvalue weighted by Crippen LogP contribution is -2.40. The fourth-order valence-corrected chi connectivity index (χ4v) is 2.83. The van der Waals surface area contributed by atoms with Gasteiger partial charge in [0.1, 0.15) is 18.2 Å². The number of benzene rings is 1. The third kappa shape index (κ3) is 6.94. The molecular weight excluding hydrogens is 468 g/mol. The van der Waals surface area contributed by atoms with Gasteiger partial charge in [0.25, 0.3) is 0 Å². The Kier molecular flexibility index (Phi) is 9.63. The summed E-state index contributed by atoms with van der Waals surface area (Å²) < 4.78 is 18.5. The fraction of sp³-hybridized carbons (Fsp3) is 0.412. The Morgan fingerprint density at radius 1 is 1.27 bits per heavy atom. The highest BCUT2D eigenvalue weighted by Crippen LogP contribution is 2.17. The quantitative estimate of drug-likeness (QED) is 0.365. The average Bonchev–Trinajstić information content (AvgIpc) is 3.06. The Hall–Kier alpha value is -1.62. The van der Waals surface area contributed by atoms with Crippen LogP contribution in [0.3, 0.4) is 0 Å². The van der Waals surface area contributed by atoms with Crippen LogP contribution in [0, 0.1) is 5.82 Å². The lowest BCUT2D eigenvalue weighted by atomic mass is 10.3. The van der Waals surface area contributed by atoms with Crippen molar-refractivity contribution in [1.82, 2.24) is 15.2 Å². The molecule has 6 nitrogen and oxygen atoms in total. The summed E-state index contributed by atoms with van der Waals surface area (Å²) >= 11 is 1.61. The second kappa shape index (κ2) is 11.2. The lowest BCUT2D eigenvalue weighted by Gasteiger charge is -2.21. The number of likely N-dealkylation sites (N-methyl/N-ethyl adjacent to an activating group) is 1. The first-order valence-corrected chi connectivity index (χ1v) is 8.79. The molecule has 0 saturated heterocycles. The molecule has 0 aliphatic heterocycles. The van der Waals surface area contributed by atoms with Gasteiger partial charge in [-0.05, 0) is 24.3 Å². The van der Waals surface area contributed by atoms with E-state index < -0.39 is 0 Å². The maximum absolute atomic E-state index is 12.9. The Morgan fingerprint density at radius 2 is 1.96 bits per heavy atom. The van der Waals surface area contributed by atoms with E-state index in [1.807, 2.05) is 36.3 Å². The van der Waals surface area contributed by atoms with Crippen LogP contribution in [0.4, 0.5) is 9.52 Å². The minimum Gasteiger partial charge on any atom is -0.492 e. The van der Waals surface area contributed by atoms with E-state index in [4.69, 9.17) is 4.74 Å². The van der Waals surface area contributed by atoms with Crippen LogP contribution in [0.1, 0.15) is 5.69 Å². The number of anilines is 1. The van der Waals surface area contributed by atoms with E-state index in [1.165, 1.54) is 12.1 Å². The van der Waals surface area contributed by atoms with Crippen LogP contribution in [0.2, 0.25) is 0 Å². The molecule has 0 fully saturated rings. The van der Waals surface area contributed by atoms with Crippen molar-refractivity contribution in [3.63, 3.8) is 0 Å². The molecule has 0 amide bonds. The normalized spacial score (nSPS) is 10.9. The van der Waals surface area contributed by atoms with Gasteiger partial charge < -0.3 is 19.9 Å². The first-order chi connectivity index (χ1) is 12.0. The molecule has 0 saturated carbocycles. The third-order valence-corrected chi connectivity index (χ3v) is 4.49. The van der Waals surface area contributed by atoms with Crippen molar-refractivity contribution in [1.29, 1.82) is 0 Å². The number of rotatable bonds is 7. The van der Waals surface area contributed by atoms with Crippen molar-refractivity contribution < 1.29 is 9.13 Å². The van der Waals surface area contributed by atoms with Crippen LogP contribution >= 0.6 is 35.3 Å². The van der Waals surface area contributed by atoms with Crippen molar-refractivity contribution in [2.75, 3.05) is 46.2 Å². The summed E-state index contributed by atoms with van der Waals surface area (Å²) in [6, 6.07) is 6.00. The van der Waals surface area contributed by atoms with E-state index in [1.54, 1.807) is 30.5 Å². The molecule has 0 atom stereocenters. The molecule has 2 rings (SSSR count). The Labute approximate surface area is 175 Å². The molecule has 1 aromatic heterocycles. The molecule has 1 heterocycles. The smallest absolute Gasteiger partial charge is 0.193 e. The number of aromatic nitrogens is 1. The second-order valence-corrected chi connectivity index (χ2v) is 6.48. The van der Waals surface area contributed by atoms with Gasteiger partial charge in [-0.15, -0.1) is 35.3 Å². The summed E-state index contributed by atoms with van der Waals surface area (Å²) in [7, 11) is 7.63. The molecule has 0 unspecified atom stereocenters. The summed E-state index contributed by atoms with van der Waals surface area (Å²) in [6.45, 7) is 1.74. The van der Waals surface area contributed by atoms with Crippen molar-refractivity contribution in [3.8, 4) is 5.75 Å². The van der Waals surface area contributed by atoms with Crippen molar-refractivity contribution in [2.24, 2.45) is 4.99 Å². The first-order valence-electron chi connectivity index (χ1n) is 7.91. The molecule has 1 aromatic carbocycles. The number of thiazole rings is 1. The van der Waals surface area contributed by atoms with E-state index in [2.05, 4.69) is 15.3 Å². The molecule has 0 radical (unpaired) electrons. The highest BCUT2D eigenvalue weighted by molar-refractivity contribution is 14.0. The van der Waals surface area contributed by atoms with Crippen LogP contribution in [-0.4, -0.2) is 57.2 Å². The molecule has 9 heteroatoms. The predicted molar refractivity (Wildman–Crippen MR) is 117 cm³/mol. The fourth-order valence-electron chi connectivity index (χ4n) is 2.07. The van der Waals surface area contributed by atoms with E-state index in [0.29, 0.717) is 25.4 Å². The van der Waals surface area contributed by atoms with E-state index >= 15 is 0 Å². The molecule has 0 aliphatic rings. The van der Waals surface area contributed by atoms with Gasteiger partial charge in [-0.3, -0.25) is 4.99 Å². The predicted octanol–water partition coefficient (Wildman–Crippen LogP) is 3.05. The summed E-state index contributed by atoms with van der Waals surface area (Å²) in [5.74, 6) is 1.15. The SMILES string of the molecule is CN=C(NCc1csc(N(C)C)n1)N(C)CCOc1ccc(F)cc1.I. The van der Waals surface area contributed by atoms with Gasteiger partial charge in [-0.25, -0.2) is 9.37 Å². The Balaban J connectivity index is 0.00000338. The zero-order chi connectivity index (χ0) is 18.2. The third-order valence-electron chi connectivity index (χ3n) is 3.43. The molecule has 1 N–H and O–H groups in total. The van der Waals surface area contributed by atoms with Crippen molar-refractivity contribution in [2.45, 2.75) is 6.54 Å². The van der Waals surface area contributed by atoms with Gasteiger partial charge in [0.2, 0.25) is 0 Å². The molecular formula is C17H25FIN5OS. The summed E-state index contributed by atoms with van der Waals surface area (Å²) in [6.07, 6.45) is 0. The highest BCUT2D eigenvalue weighted by atomic mass is 127. The zero-order valence-corrected chi connectivity index (χ0v) is 18.5. The number of ether oxygens (including phenoxy) is 1. The topological polar surface area (TPSA) is 53.0 Å². The largest absolute Gasteiger partial charge is 0.492 e. The zero-order valence-electron chi connectivity index (χ0n) is 15.4. The van der Waals surface area contributed by atoms with Gasteiger partial charge in [-0.2, -0.15) is 0 Å². The van der Waals surface area contributed by atoms with Gasteiger partial charge in [0, 0.05) is 33.6 Å². The lowest BCUT2D eigenvalue weighted by molar-refractivity contribution is 0.281. The molecule has 26 heavy (non-hydrogen) atoms. The summed E-state index contributed by atoms with van der Waals surface area (Å²) in [5.41, 5.74) is 0.978. The summed E-state index contributed by atoms with van der Waals surface area (Å²) in [4.78, 5) is 12.8. The number of hydrogen-bond acceptors (Lipinski definition) is 5. The summed E-state index contributed by atoms with van der Waals surface area (Å²) in [5, 5.41) is 6.30. The van der Waals surface area contributed by atoms with Gasteiger partial charge >= 0.3 is 0 Å². The number of nitrogens with zero attached hydrogens (tertiary/aromatic N) is 4. The second-order valence-electron chi connectivity index (χ2n) is 5.64. The monoisotopic (exact) mass is 493 g/mol. The van der Waals surface area contributed by atoms with Gasteiger partial charge in [-0.1, -0.05) is 0 Å². The van der Waals surface area contributed by atoms with Crippen LogP contribution in [-0.2, 0) is 6.54 Å². The van der Waals surface area contributed by atoms with Crippen LogP contribution in [0.15, 0.2) is 34.6 Å². The van der Waals surface area contributed by atoms with Crippen molar-refractivity contribution >= 4 is 46.4 Å². The first kappa shape index (κ1) is 22.4. The average molecular weight is 493 g/mol. The Morgan fingerprint density at radius 3 is 2.54 bits per heavy atom. The molecule has 0 spiro atoms. The standard InChI is InChI=1S/C17H24FN5OS.HI/c1-19-16(20-11-14-12-25-17(21-14)22(2)3)23(4)9-10-24-15-7-5-13(18)6-8-15;/h5-8,12H,9-11H2,1-4H3,(H,19,20);1H. The van der Waals surface area contributed by atoms with Gasteiger partial charge in [0.15, 0.2) is 11.1 Å². The maximum atomic E-state index is 12.9. The molecule has 144 valence electrons. The molecule has 0 aliphatic carbocycles. The number of hydrogen-bond donors (Lipinski definition) is 1. The maximum Gasteiger partial charge on any atom is 0.193 e. The number of halogens is 2. The van der Waals surface area contributed by atoms with Gasteiger partial charge in [0.05, 0.1) is 18.8 Å². The number of guanidine groups is 1.